The molecule has 1 N–H and O–H groups in total. The summed E-state index contributed by atoms with van der Waals surface area (Å²) in [5.41, 5.74) is 2.09. The van der Waals surface area contributed by atoms with Crippen molar-refractivity contribution < 1.29 is 0 Å². The molecule has 0 radical (unpaired) electrons. The quantitative estimate of drug-likeness (QED) is 0.837. The molecule has 0 atom stereocenters. The van der Waals surface area contributed by atoms with E-state index in [-0.39, 0.29) is 0 Å². The lowest BCUT2D eigenvalue weighted by Gasteiger charge is -2.02. The van der Waals surface area contributed by atoms with Gasteiger partial charge in [0.05, 0.1) is 5.69 Å². The minimum Gasteiger partial charge on any atom is -0.323 e. The van der Waals surface area contributed by atoms with Gasteiger partial charge in [0.1, 0.15) is 11.8 Å². The number of nitrogens with zero attached hydrogens (tertiary/aromatic N) is 3. The van der Waals surface area contributed by atoms with Crippen LogP contribution in [0.1, 0.15) is 11.4 Å². The van der Waals surface area contributed by atoms with Crippen LogP contribution in [0.5, 0.6) is 0 Å². The molecular weight excluding hydrogens is 208 g/mol. The van der Waals surface area contributed by atoms with Gasteiger partial charge in [0.15, 0.2) is 0 Å². The van der Waals surface area contributed by atoms with Crippen LogP contribution in [0, 0.1) is 18.3 Å². The summed E-state index contributed by atoms with van der Waals surface area (Å²) in [7, 11) is 0. The number of hydrogen-bond donors (Lipinski definition) is 1. The summed E-state index contributed by atoms with van der Waals surface area (Å²) < 4.78 is 0. The fourth-order valence-electron chi connectivity index (χ4n) is 1.15. The van der Waals surface area contributed by atoms with Crippen LogP contribution in [0.25, 0.3) is 0 Å². The Kier molecular flexibility index (Phi) is 2.61. The van der Waals surface area contributed by atoms with Crippen LogP contribution < -0.4 is 5.32 Å². The third-order valence-corrected chi connectivity index (χ3v) is 2.43. The van der Waals surface area contributed by atoms with Crippen LogP contribution in [0.3, 0.4) is 0 Å². The Balaban J connectivity index is 2.29. The standard InChI is InChI=1S/C10H8N4S/c1-7-4-9(5-11)14-10(12-7)13-8-2-3-15-6-8/h2-4,6H,1H3,(H,12,13,14). The largest absolute Gasteiger partial charge is 0.323 e. The number of hydrogen-bond acceptors (Lipinski definition) is 5. The molecule has 2 aromatic rings. The second-order valence-corrected chi connectivity index (χ2v) is 3.75. The number of anilines is 2. The van der Waals surface area contributed by atoms with Gasteiger partial charge in [-0.2, -0.15) is 16.6 Å². The van der Waals surface area contributed by atoms with E-state index in [1.807, 2.05) is 29.8 Å². The smallest absolute Gasteiger partial charge is 0.228 e. The molecule has 0 spiro atoms. The van der Waals surface area contributed by atoms with Crippen LogP contribution in [0.15, 0.2) is 22.9 Å². The molecular formula is C10H8N4S. The first kappa shape index (κ1) is 9.62. The maximum absolute atomic E-state index is 8.75. The van der Waals surface area contributed by atoms with E-state index in [0.717, 1.165) is 11.4 Å². The molecule has 0 bridgehead atoms. The van der Waals surface area contributed by atoms with Crippen molar-refractivity contribution in [1.82, 2.24) is 9.97 Å². The fraction of sp³-hybridized carbons (Fsp3) is 0.100. The van der Waals surface area contributed by atoms with Crippen LogP contribution in [0.4, 0.5) is 11.6 Å². The van der Waals surface area contributed by atoms with Crippen LogP contribution in [-0.4, -0.2) is 9.97 Å². The van der Waals surface area contributed by atoms with Crippen molar-refractivity contribution in [3.8, 4) is 6.07 Å². The van der Waals surface area contributed by atoms with Gasteiger partial charge in [0, 0.05) is 11.1 Å². The highest BCUT2D eigenvalue weighted by Gasteiger charge is 2.01. The Hall–Kier alpha value is -1.93. The third kappa shape index (κ3) is 2.30. The van der Waals surface area contributed by atoms with Gasteiger partial charge in [0.2, 0.25) is 5.95 Å². The van der Waals surface area contributed by atoms with Crippen molar-refractivity contribution in [2.45, 2.75) is 6.92 Å². The highest BCUT2D eigenvalue weighted by Crippen LogP contribution is 2.16. The summed E-state index contributed by atoms with van der Waals surface area (Å²) in [6.07, 6.45) is 0. The van der Waals surface area contributed by atoms with Crippen LogP contribution in [0.2, 0.25) is 0 Å². The topological polar surface area (TPSA) is 61.6 Å². The number of aryl methyl sites for hydroxylation is 1. The van der Waals surface area contributed by atoms with Crippen molar-refractivity contribution in [3.63, 3.8) is 0 Å². The molecule has 0 aliphatic carbocycles. The van der Waals surface area contributed by atoms with E-state index in [0.29, 0.717) is 11.6 Å². The monoisotopic (exact) mass is 216 g/mol. The maximum Gasteiger partial charge on any atom is 0.228 e. The zero-order valence-corrected chi connectivity index (χ0v) is 8.88. The molecule has 74 valence electrons. The molecule has 2 aromatic heterocycles. The molecule has 0 aliphatic rings. The average molecular weight is 216 g/mol. The first-order valence-electron chi connectivity index (χ1n) is 4.33. The molecule has 0 aromatic carbocycles. The highest BCUT2D eigenvalue weighted by atomic mass is 32.1. The Morgan fingerprint density at radius 2 is 2.33 bits per heavy atom. The second-order valence-electron chi connectivity index (χ2n) is 2.97. The van der Waals surface area contributed by atoms with Crippen molar-refractivity contribution >= 4 is 23.0 Å². The van der Waals surface area contributed by atoms with E-state index in [9.17, 15) is 0 Å². The number of thiophene rings is 1. The summed E-state index contributed by atoms with van der Waals surface area (Å²) in [6, 6.07) is 5.58. The molecule has 0 amide bonds. The Bertz CT molecular complexity index is 499. The van der Waals surface area contributed by atoms with E-state index in [2.05, 4.69) is 15.3 Å². The predicted molar refractivity (Wildman–Crippen MR) is 59.1 cm³/mol. The maximum atomic E-state index is 8.75. The molecule has 15 heavy (non-hydrogen) atoms. The number of nitriles is 1. The first-order valence-corrected chi connectivity index (χ1v) is 5.27. The van der Waals surface area contributed by atoms with Gasteiger partial charge in [-0.25, -0.2) is 9.97 Å². The van der Waals surface area contributed by atoms with Gasteiger partial charge in [-0.3, -0.25) is 0 Å². The summed E-state index contributed by atoms with van der Waals surface area (Å²) in [6.45, 7) is 1.83. The number of aromatic nitrogens is 2. The normalized spacial score (nSPS) is 9.60. The van der Waals surface area contributed by atoms with E-state index >= 15 is 0 Å². The Labute approximate surface area is 91.2 Å². The molecule has 0 aliphatic heterocycles. The van der Waals surface area contributed by atoms with Gasteiger partial charge in [-0.05, 0) is 24.4 Å². The molecule has 2 rings (SSSR count). The van der Waals surface area contributed by atoms with Crippen molar-refractivity contribution in [3.05, 3.63) is 34.3 Å². The van der Waals surface area contributed by atoms with Gasteiger partial charge in [-0.15, -0.1) is 0 Å². The van der Waals surface area contributed by atoms with Gasteiger partial charge < -0.3 is 5.32 Å². The SMILES string of the molecule is Cc1cc(C#N)nc(Nc2ccsc2)n1. The summed E-state index contributed by atoms with van der Waals surface area (Å²) in [4.78, 5) is 8.24. The Morgan fingerprint density at radius 3 is 3.00 bits per heavy atom. The van der Waals surface area contributed by atoms with Crippen LogP contribution in [-0.2, 0) is 0 Å². The lowest BCUT2D eigenvalue weighted by atomic mass is 10.3. The van der Waals surface area contributed by atoms with E-state index in [1.54, 1.807) is 17.4 Å². The number of nitrogens with one attached hydrogen (secondary N) is 1. The lowest BCUT2D eigenvalue weighted by Crippen LogP contribution is -1.99. The summed E-state index contributed by atoms with van der Waals surface area (Å²) in [5.74, 6) is 0.463. The summed E-state index contributed by atoms with van der Waals surface area (Å²) >= 11 is 1.59. The van der Waals surface area contributed by atoms with Crippen molar-refractivity contribution in [2.75, 3.05) is 5.32 Å². The molecule has 0 saturated heterocycles. The minimum atomic E-state index is 0.375. The molecule has 2 heterocycles. The van der Waals surface area contributed by atoms with Crippen molar-refractivity contribution in [2.24, 2.45) is 0 Å². The highest BCUT2D eigenvalue weighted by molar-refractivity contribution is 7.08. The zero-order chi connectivity index (χ0) is 10.7. The molecule has 5 heteroatoms. The second kappa shape index (κ2) is 4.07. The Morgan fingerprint density at radius 1 is 1.47 bits per heavy atom. The zero-order valence-electron chi connectivity index (χ0n) is 8.06. The van der Waals surface area contributed by atoms with Gasteiger partial charge in [0.25, 0.3) is 0 Å². The van der Waals surface area contributed by atoms with Crippen molar-refractivity contribution in [1.29, 1.82) is 5.26 Å². The van der Waals surface area contributed by atoms with Crippen LogP contribution >= 0.6 is 11.3 Å². The van der Waals surface area contributed by atoms with E-state index < -0.39 is 0 Å². The first-order chi connectivity index (χ1) is 7.28. The van der Waals surface area contributed by atoms with Gasteiger partial charge in [-0.1, -0.05) is 0 Å². The fourth-order valence-corrected chi connectivity index (χ4v) is 1.73. The predicted octanol–water partition coefficient (Wildman–Crippen LogP) is 2.46. The summed E-state index contributed by atoms with van der Waals surface area (Å²) in [5, 5.41) is 15.7. The molecule has 0 saturated carbocycles. The van der Waals surface area contributed by atoms with E-state index in [4.69, 9.17) is 5.26 Å². The molecule has 0 unspecified atom stereocenters. The third-order valence-electron chi connectivity index (χ3n) is 1.75. The average Bonchev–Trinajstić information content (AvgIpc) is 2.69. The number of rotatable bonds is 2. The van der Waals surface area contributed by atoms with Gasteiger partial charge >= 0.3 is 0 Å². The van der Waals surface area contributed by atoms with E-state index in [1.165, 1.54) is 0 Å². The minimum absolute atomic E-state index is 0.375. The molecule has 0 fully saturated rings. The lowest BCUT2D eigenvalue weighted by molar-refractivity contribution is 1.09. The molecule has 4 nitrogen and oxygen atoms in total.